The third-order valence-electron chi connectivity index (χ3n) is 3.04. The van der Waals surface area contributed by atoms with Crippen molar-refractivity contribution in [1.29, 1.82) is 0 Å². The van der Waals surface area contributed by atoms with Gasteiger partial charge >= 0.3 is 0 Å². The Labute approximate surface area is 98.6 Å². The number of rotatable bonds is 2. The Hall–Kier alpha value is -1.76. The first-order valence-corrected chi connectivity index (χ1v) is 5.93. The second-order valence-corrected chi connectivity index (χ2v) is 4.26. The Morgan fingerprint density at radius 1 is 1.29 bits per heavy atom. The van der Waals surface area contributed by atoms with E-state index in [1.807, 2.05) is 0 Å². The summed E-state index contributed by atoms with van der Waals surface area (Å²) in [4.78, 5) is 4.13. The van der Waals surface area contributed by atoms with Crippen LogP contribution >= 0.6 is 0 Å². The molecule has 0 bridgehead atoms. The first-order chi connectivity index (χ1) is 8.43. The highest BCUT2D eigenvalue weighted by molar-refractivity contribution is 5.44. The Morgan fingerprint density at radius 2 is 2.29 bits per heavy atom. The van der Waals surface area contributed by atoms with Gasteiger partial charge in [0, 0.05) is 6.04 Å². The summed E-state index contributed by atoms with van der Waals surface area (Å²) in [7, 11) is 0. The van der Waals surface area contributed by atoms with Gasteiger partial charge in [-0.15, -0.1) is 5.10 Å². The molecule has 2 aromatic heterocycles. The largest absolute Gasteiger partial charge is 0.366 e. The topological polar surface area (TPSA) is 80.0 Å². The van der Waals surface area contributed by atoms with Crippen LogP contribution in [0.25, 0.3) is 5.65 Å². The number of hydrogen-bond donors (Lipinski definition) is 2. The van der Waals surface area contributed by atoms with E-state index in [2.05, 4.69) is 31.1 Å². The molecule has 0 radical (unpaired) electrons. The third kappa shape index (κ3) is 2.19. The molecule has 1 fully saturated rings. The van der Waals surface area contributed by atoms with Crippen molar-refractivity contribution in [3.05, 3.63) is 12.4 Å². The molecule has 90 valence electrons. The van der Waals surface area contributed by atoms with Crippen LogP contribution in [0.15, 0.2) is 12.4 Å². The highest BCUT2D eigenvalue weighted by atomic mass is 15.5. The van der Waals surface area contributed by atoms with Crippen molar-refractivity contribution >= 4 is 11.5 Å². The number of aromatic nitrogens is 5. The highest BCUT2D eigenvalue weighted by Crippen LogP contribution is 2.13. The van der Waals surface area contributed by atoms with Crippen molar-refractivity contribution in [2.45, 2.75) is 25.3 Å². The minimum absolute atomic E-state index is 0.460. The normalized spacial score (nSPS) is 21.3. The molecule has 0 saturated carbocycles. The summed E-state index contributed by atoms with van der Waals surface area (Å²) in [6.07, 6.45) is 6.88. The molecule has 0 aromatic carbocycles. The first kappa shape index (κ1) is 10.4. The molecule has 17 heavy (non-hydrogen) atoms. The van der Waals surface area contributed by atoms with Crippen LogP contribution in [0.1, 0.15) is 19.3 Å². The molecule has 1 aliphatic rings. The van der Waals surface area contributed by atoms with Crippen molar-refractivity contribution in [2.24, 2.45) is 0 Å². The fourth-order valence-corrected chi connectivity index (χ4v) is 2.15. The van der Waals surface area contributed by atoms with Crippen molar-refractivity contribution in [3.63, 3.8) is 0 Å². The van der Waals surface area contributed by atoms with E-state index >= 15 is 0 Å². The third-order valence-corrected chi connectivity index (χ3v) is 3.04. The summed E-state index contributed by atoms with van der Waals surface area (Å²) in [5, 5.41) is 18.3. The minimum atomic E-state index is 0.460. The Bertz CT molecular complexity index is 486. The van der Waals surface area contributed by atoms with Crippen LogP contribution < -0.4 is 10.6 Å². The molecule has 1 atom stereocenters. The number of anilines is 1. The molecule has 1 unspecified atom stereocenters. The van der Waals surface area contributed by atoms with Crippen LogP contribution in [0.3, 0.4) is 0 Å². The lowest BCUT2D eigenvalue weighted by Crippen LogP contribution is -2.23. The molecule has 1 saturated heterocycles. The van der Waals surface area contributed by atoms with Crippen molar-refractivity contribution in [2.75, 3.05) is 18.4 Å². The van der Waals surface area contributed by atoms with Gasteiger partial charge in [0.1, 0.15) is 0 Å². The predicted molar refractivity (Wildman–Crippen MR) is 62.7 cm³/mol. The van der Waals surface area contributed by atoms with E-state index in [1.54, 1.807) is 16.9 Å². The first-order valence-electron chi connectivity index (χ1n) is 5.93. The van der Waals surface area contributed by atoms with E-state index in [0.29, 0.717) is 11.7 Å². The zero-order valence-electron chi connectivity index (χ0n) is 9.50. The maximum Gasteiger partial charge on any atom is 0.199 e. The summed E-state index contributed by atoms with van der Waals surface area (Å²) in [5.41, 5.74) is 0.668. The van der Waals surface area contributed by atoms with Crippen LogP contribution in [0.2, 0.25) is 0 Å². The van der Waals surface area contributed by atoms with E-state index in [0.717, 1.165) is 31.7 Å². The summed E-state index contributed by atoms with van der Waals surface area (Å²) >= 11 is 0. The number of nitrogens with zero attached hydrogens (tertiary/aromatic N) is 5. The maximum atomic E-state index is 4.13. The van der Waals surface area contributed by atoms with E-state index in [4.69, 9.17) is 0 Å². The van der Waals surface area contributed by atoms with Crippen molar-refractivity contribution in [1.82, 2.24) is 30.3 Å². The average Bonchev–Trinajstić information content (AvgIpc) is 2.69. The molecule has 3 rings (SSSR count). The van der Waals surface area contributed by atoms with E-state index < -0.39 is 0 Å². The number of hydrogen-bond acceptors (Lipinski definition) is 6. The molecular weight excluding hydrogens is 218 g/mol. The SMILES string of the molecule is c1ncc2nnnn2c1NC1CCCNCC1. The Morgan fingerprint density at radius 3 is 3.29 bits per heavy atom. The second kappa shape index (κ2) is 4.62. The molecule has 3 heterocycles. The van der Waals surface area contributed by atoms with Gasteiger partial charge in [0.2, 0.25) is 0 Å². The molecule has 2 aromatic rings. The molecule has 7 heteroatoms. The fourth-order valence-electron chi connectivity index (χ4n) is 2.15. The molecule has 0 spiro atoms. The number of tetrazole rings is 1. The van der Waals surface area contributed by atoms with Crippen LogP contribution in [-0.4, -0.2) is 44.2 Å². The molecular formula is C10H15N7. The lowest BCUT2D eigenvalue weighted by molar-refractivity contribution is 0.630. The summed E-state index contributed by atoms with van der Waals surface area (Å²) in [6, 6.07) is 0.460. The maximum absolute atomic E-state index is 4.13. The van der Waals surface area contributed by atoms with Gasteiger partial charge in [-0.3, -0.25) is 4.98 Å². The molecule has 0 aliphatic carbocycles. The average molecular weight is 233 g/mol. The Balaban J connectivity index is 1.81. The van der Waals surface area contributed by atoms with Crippen LogP contribution in [0, 0.1) is 0 Å². The molecule has 7 nitrogen and oxygen atoms in total. The zero-order valence-corrected chi connectivity index (χ0v) is 9.50. The van der Waals surface area contributed by atoms with Crippen LogP contribution in [-0.2, 0) is 0 Å². The molecule has 2 N–H and O–H groups in total. The zero-order chi connectivity index (χ0) is 11.5. The highest BCUT2D eigenvalue weighted by Gasteiger charge is 2.13. The Kier molecular flexibility index (Phi) is 2.83. The van der Waals surface area contributed by atoms with Gasteiger partial charge in [-0.2, -0.15) is 4.52 Å². The minimum Gasteiger partial charge on any atom is -0.366 e. The summed E-state index contributed by atoms with van der Waals surface area (Å²) in [5.74, 6) is 0.861. The van der Waals surface area contributed by atoms with E-state index in [1.165, 1.54) is 6.42 Å². The van der Waals surface area contributed by atoms with Gasteiger partial charge < -0.3 is 10.6 Å². The predicted octanol–water partition coefficient (Wildman–Crippen LogP) is 0.0733. The number of nitrogens with one attached hydrogen (secondary N) is 2. The smallest absolute Gasteiger partial charge is 0.199 e. The van der Waals surface area contributed by atoms with E-state index in [-0.39, 0.29) is 0 Å². The summed E-state index contributed by atoms with van der Waals surface area (Å²) < 4.78 is 1.69. The molecule has 1 aliphatic heterocycles. The van der Waals surface area contributed by atoms with Gasteiger partial charge in [-0.25, -0.2) is 0 Å². The van der Waals surface area contributed by atoms with Crippen molar-refractivity contribution in [3.8, 4) is 0 Å². The lowest BCUT2D eigenvalue weighted by Gasteiger charge is -2.16. The van der Waals surface area contributed by atoms with Crippen molar-refractivity contribution < 1.29 is 0 Å². The van der Waals surface area contributed by atoms with Gasteiger partial charge in [0.05, 0.1) is 12.4 Å². The van der Waals surface area contributed by atoms with Gasteiger partial charge in [0.25, 0.3) is 0 Å². The van der Waals surface area contributed by atoms with E-state index in [9.17, 15) is 0 Å². The quantitative estimate of drug-likeness (QED) is 0.764. The van der Waals surface area contributed by atoms with Crippen LogP contribution in [0.4, 0.5) is 5.82 Å². The lowest BCUT2D eigenvalue weighted by atomic mass is 10.1. The second-order valence-electron chi connectivity index (χ2n) is 4.26. The van der Waals surface area contributed by atoms with Crippen LogP contribution in [0.5, 0.6) is 0 Å². The summed E-state index contributed by atoms with van der Waals surface area (Å²) in [6.45, 7) is 2.15. The van der Waals surface area contributed by atoms with Gasteiger partial charge in [-0.05, 0) is 42.8 Å². The standard InChI is InChI=1S/C10H15N7/c1-2-8(3-5-11-4-1)13-9-6-12-7-10-14-15-16-17(9)10/h6-8,11,13H,1-5H2. The van der Waals surface area contributed by atoms with Gasteiger partial charge in [0.15, 0.2) is 11.5 Å². The van der Waals surface area contributed by atoms with Gasteiger partial charge in [-0.1, -0.05) is 0 Å². The monoisotopic (exact) mass is 233 g/mol. The number of fused-ring (bicyclic) bond motifs is 1. The molecule has 0 amide bonds. The fraction of sp³-hybridized carbons (Fsp3) is 0.600.